The molecule has 21 heavy (non-hydrogen) atoms. The second kappa shape index (κ2) is 7.26. The average Bonchev–Trinajstić information content (AvgIpc) is 2.45. The molecule has 116 valence electrons. The fourth-order valence-electron chi connectivity index (χ4n) is 2.29. The van der Waals surface area contributed by atoms with Gasteiger partial charge >= 0.3 is 5.97 Å². The maximum atomic E-state index is 14.1. The highest BCUT2D eigenvalue weighted by Crippen LogP contribution is 2.25. The zero-order valence-corrected chi connectivity index (χ0v) is 12.2. The minimum absolute atomic E-state index is 0.0574. The van der Waals surface area contributed by atoms with Gasteiger partial charge in [0, 0.05) is 38.7 Å². The Balaban J connectivity index is 1.89. The van der Waals surface area contributed by atoms with Crippen LogP contribution in [0.2, 0.25) is 0 Å². The van der Waals surface area contributed by atoms with Crippen molar-refractivity contribution >= 4 is 11.7 Å². The lowest BCUT2D eigenvalue weighted by Gasteiger charge is -2.34. The number of halogens is 1. The van der Waals surface area contributed by atoms with Crippen LogP contribution in [0.4, 0.5) is 10.1 Å². The Bertz CT molecular complexity index is 488. The van der Waals surface area contributed by atoms with Gasteiger partial charge in [-0.1, -0.05) is 0 Å². The molecule has 0 aliphatic carbocycles. The van der Waals surface area contributed by atoms with Gasteiger partial charge in [-0.25, -0.2) is 4.39 Å². The van der Waals surface area contributed by atoms with Gasteiger partial charge in [0.05, 0.1) is 12.3 Å². The first-order valence-corrected chi connectivity index (χ1v) is 7.14. The maximum absolute atomic E-state index is 14.1. The van der Waals surface area contributed by atoms with E-state index in [2.05, 4.69) is 11.9 Å². The number of carboxylic acid groups (broad SMARTS) is 1. The summed E-state index contributed by atoms with van der Waals surface area (Å²) in [6.45, 7) is 3.75. The standard InChI is InChI=1S/C15H21FN2O3/c1-17-6-8-18(9-7-17)14-5-4-12(11-13(14)16)21-10-2-3-15(19)20/h4-5,11H,2-3,6-10H2,1H3,(H,19,20). The van der Waals surface area contributed by atoms with Crippen LogP contribution in [-0.2, 0) is 4.79 Å². The summed E-state index contributed by atoms with van der Waals surface area (Å²) in [5.41, 5.74) is 0.598. The van der Waals surface area contributed by atoms with Crippen molar-refractivity contribution in [3.05, 3.63) is 24.0 Å². The number of hydrogen-bond donors (Lipinski definition) is 1. The largest absolute Gasteiger partial charge is 0.493 e. The van der Waals surface area contributed by atoms with E-state index < -0.39 is 5.97 Å². The van der Waals surface area contributed by atoms with E-state index in [1.54, 1.807) is 12.1 Å². The van der Waals surface area contributed by atoms with Crippen molar-refractivity contribution in [2.24, 2.45) is 0 Å². The van der Waals surface area contributed by atoms with Crippen LogP contribution in [0.25, 0.3) is 0 Å². The van der Waals surface area contributed by atoms with Gasteiger partial charge < -0.3 is 19.6 Å². The van der Waals surface area contributed by atoms with Crippen molar-refractivity contribution in [3.63, 3.8) is 0 Å². The van der Waals surface area contributed by atoms with Gasteiger partial charge in [0.15, 0.2) is 0 Å². The molecule has 1 N–H and O–H groups in total. The highest BCUT2D eigenvalue weighted by Gasteiger charge is 2.17. The number of anilines is 1. The van der Waals surface area contributed by atoms with Crippen LogP contribution < -0.4 is 9.64 Å². The van der Waals surface area contributed by atoms with E-state index in [1.165, 1.54) is 6.07 Å². The Labute approximate surface area is 123 Å². The second-order valence-electron chi connectivity index (χ2n) is 5.25. The van der Waals surface area contributed by atoms with Crippen LogP contribution in [0.3, 0.4) is 0 Å². The highest BCUT2D eigenvalue weighted by molar-refractivity contribution is 5.66. The predicted molar refractivity (Wildman–Crippen MR) is 78.5 cm³/mol. The van der Waals surface area contributed by atoms with Crippen molar-refractivity contribution in [3.8, 4) is 5.75 Å². The summed E-state index contributed by atoms with van der Waals surface area (Å²) in [6.07, 6.45) is 0.471. The Kier molecular flexibility index (Phi) is 5.38. The highest BCUT2D eigenvalue weighted by atomic mass is 19.1. The van der Waals surface area contributed by atoms with Gasteiger partial charge in [-0.3, -0.25) is 4.79 Å². The molecule has 1 aliphatic heterocycles. The number of hydrogen-bond acceptors (Lipinski definition) is 4. The van der Waals surface area contributed by atoms with E-state index in [1.807, 2.05) is 4.90 Å². The molecule has 1 saturated heterocycles. The third-order valence-corrected chi connectivity index (χ3v) is 3.57. The van der Waals surface area contributed by atoms with Crippen LogP contribution >= 0.6 is 0 Å². The van der Waals surface area contributed by atoms with E-state index in [0.717, 1.165) is 26.2 Å². The molecule has 0 saturated carbocycles. The average molecular weight is 296 g/mol. The number of aliphatic carboxylic acids is 1. The van der Waals surface area contributed by atoms with E-state index in [0.29, 0.717) is 17.9 Å². The minimum Gasteiger partial charge on any atom is -0.493 e. The van der Waals surface area contributed by atoms with E-state index >= 15 is 0 Å². The summed E-state index contributed by atoms with van der Waals surface area (Å²) in [5.74, 6) is -0.707. The van der Waals surface area contributed by atoms with E-state index in [-0.39, 0.29) is 18.8 Å². The van der Waals surface area contributed by atoms with Gasteiger partial charge in [0.25, 0.3) is 0 Å². The summed E-state index contributed by atoms with van der Waals surface area (Å²) in [7, 11) is 2.06. The second-order valence-corrected chi connectivity index (χ2v) is 5.25. The Morgan fingerprint density at radius 2 is 2.05 bits per heavy atom. The molecule has 0 radical (unpaired) electrons. The lowest BCUT2D eigenvalue weighted by molar-refractivity contribution is -0.137. The third-order valence-electron chi connectivity index (χ3n) is 3.57. The molecular weight excluding hydrogens is 275 g/mol. The number of ether oxygens (including phenoxy) is 1. The number of rotatable bonds is 6. The van der Waals surface area contributed by atoms with Gasteiger partial charge in [0.2, 0.25) is 0 Å². The molecule has 6 heteroatoms. The van der Waals surface area contributed by atoms with Gasteiger partial charge in [-0.15, -0.1) is 0 Å². The number of likely N-dealkylation sites (N-methyl/N-ethyl adjacent to an activating group) is 1. The Morgan fingerprint density at radius 3 is 2.67 bits per heavy atom. The topological polar surface area (TPSA) is 53.0 Å². The molecule has 1 aromatic rings. The first kappa shape index (κ1) is 15.6. The molecule has 0 atom stereocenters. The molecule has 1 aliphatic rings. The van der Waals surface area contributed by atoms with Crippen LogP contribution in [0.15, 0.2) is 18.2 Å². The summed E-state index contributed by atoms with van der Waals surface area (Å²) < 4.78 is 19.5. The third kappa shape index (κ3) is 4.60. The molecule has 0 aromatic heterocycles. The van der Waals surface area contributed by atoms with Gasteiger partial charge in [0.1, 0.15) is 11.6 Å². The molecule has 1 aromatic carbocycles. The van der Waals surface area contributed by atoms with Crippen molar-refractivity contribution in [2.45, 2.75) is 12.8 Å². The van der Waals surface area contributed by atoms with Crippen molar-refractivity contribution < 1.29 is 19.0 Å². The monoisotopic (exact) mass is 296 g/mol. The maximum Gasteiger partial charge on any atom is 0.303 e. The minimum atomic E-state index is -0.852. The van der Waals surface area contributed by atoms with Crippen LogP contribution in [0, 0.1) is 5.82 Å². The number of nitrogens with zero attached hydrogens (tertiary/aromatic N) is 2. The fourth-order valence-corrected chi connectivity index (χ4v) is 2.29. The molecule has 1 fully saturated rings. The van der Waals surface area contributed by atoms with Crippen molar-refractivity contribution in [2.75, 3.05) is 44.7 Å². The molecule has 2 rings (SSSR count). The Morgan fingerprint density at radius 1 is 1.33 bits per heavy atom. The van der Waals surface area contributed by atoms with Crippen LogP contribution in [0.1, 0.15) is 12.8 Å². The number of benzene rings is 1. The summed E-state index contributed by atoms with van der Waals surface area (Å²) in [4.78, 5) is 14.6. The molecule has 1 heterocycles. The first-order chi connectivity index (χ1) is 10.1. The van der Waals surface area contributed by atoms with Crippen LogP contribution in [0.5, 0.6) is 5.75 Å². The molecular formula is C15H21FN2O3. The SMILES string of the molecule is CN1CCN(c2ccc(OCCCC(=O)O)cc2F)CC1. The lowest BCUT2D eigenvalue weighted by atomic mass is 10.2. The number of carbonyl (C=O) groups is 1. The summed E-state index contributed by atoms with van der Waals surface area (Å²) in [5, 5.41) is 8.53. The number of carboxylic acids is 1. The van der Waals surface area contributed by atoms with Crippen molar-refractivity contribution in [1.82, 2.24) is 4.90 Å². The molecule has 0 unspecified atom stereocenters. The fraction of sp³-hybridized carbons (Fsp3) is 0.533. The zero-order chi connectivity index (χ0) is 15.2. The molecule has 5 nitrogen and oxygen atoms in total. The summed E-state index contributed by atoms with van der Waals surface area (Å²) >= 11 is 0. The first-order valence-electron chi connectivity index (χ1n) is 7.14. The van der Waals surface area contributed by atoms with Gasteiger partial charge in [-0.05, 0) is 25.6 Å². The quantitative estimate of drug-likeness (QED) is 0.812. The smallest absolute Gasteiger partial charge is 0.303 e. The normalized spacial score (nSPS) is 16.0. The summed E-state index contributed by atoms with van der Waals surface area (Å²) in [6, 6.07) is 4.83. The number of piperazine rings is 1. The molecule has 0 bridgehead atoms. The molecule has 0 spiro atoms. The Hall–Kier alpha value is -1.82. The van der Waals surface area contributed by atoms with Gasteiger partial charge in [-0.2, -0.15) is 0 Å². The van der Waals surface area contributed by atoms with Crippen molar-refractivity contribution in [1.29, 1.82) is 0 Å². The van der Waals surface area contributed by atoms with E-state index in [9.17, 15) is 9.18 Å². The van der Waals surface area contributed by atoms with Crippen LogP contribution in [-0.4, -0.2) is 55.8 Å². The van der Waals surface area contributed by atoms with E-state index in [4.69, 9.17) is 9.84 Å². The predicted octanol–water partition coefficient (Wildman–Crippen LogP) is 1.82. The lowest BCUT2D eigenvalue weighted by Crippen LogP contribution is -2.44. The molecule has 0 amide bonds. The zero-order valence-electron chi connectivity index (χ0n) is 12.2.